The summed E-state index contributed by atoms with van der Waals surface area (Å²) in [5.41, 5.74) is 2.68. The molecule has 9 nitrogen and oxygen atoms in total. The van der Waals surface area contributed by atoms with E-state index >= 15 is 0 Å². The number of ether oxygens (including phenoxy) is 2. The van der Waals surface area contributed by atoms with Crippen LogP contribution in [0.4, 0.5) is 10.5 Å². The molecule has 0 aliphatic carbocycles. The van der Waals surface area contributed by atoms with Crippen LogP contribution in [0.5, 0.6) is 0 Å². The number of furan rings is 1. The number of rotatable bonds is 4. The molecule has 1 fully saturated rings. The molecule has 4 rings (SSSR count). The molecule has 1 aromatic heterocycles. The Morgan fingerprint density at radius 3 is 2.47 bits per heavy atom. The molecule has 0 saturated carbocycles. The summed E-state index contributed by atoms with van der Waals surface area (Å²) in [6.45, 7) is 5.62. The number of esters is 1. The van der Waals surface area contributed by atoms with Crippen LogP contribution in [0.15, 0.2) is 27.5 Å². The number of para-hydroxylation sites is 1. The Morgan fingerprint density at radius 2 is 1.81 bits per heavy atom. The Morgan fingerprint density at radius 1 is 1.12 bits per heavy atom. The van der Waals surface area contributed by atoms with Gasteiger partial charge in [0.2, 0.25) is 10.0 Å². The van der Waals surface area contributed by atoms with Crippen LogP contribution in [0.2, 0.25) is 0 Å². The van der Waals surface area contributed by atoms with E-state index in [2.05, 4.69) is 0 Å². The zero-order valence-electron chi connectivity index (χ0n) is 18.5. The lowest BCUT2D eigenvalue weighted by molar-refractivity contribution is 0.0594. The first-order chi connectivity index (χ1) is 15.2. The van der Waals surface area contributed by atoms with Crippen molar-refractivity contribution in [3.05, 3.63) is 46.4 Å². The number of methoxy groups -OCH3 is 1. The van der Waals surface area contributed by atoms with Gasteiger partial charge in [0, 0.05) is 24.7 Å². The molecule has 10 heteroatoms. The van der Waals surface area contributed by atoms with E-state index in [1.54, 1.807) is 4.90 Å². The Balaban J connectivity index is 1.59. The summed E-state index contributed by atoms with van der Waals surface area (Å²) in [6, 6.07) is 5.61. The number of cyclic esters (lactones) is 1. The van der Waals surface area contributed by atoms with Crippen molar-refractivity contribution in [2.45, 2.75) is 51.2 Å². The Hall–Kier alpha value is -2.85. The zero-order chi connectivity index (χ0) is 23.2. The summed E-state index contributed by atoms with van der Waals surface area (Å²) in [5.74, 6) is -0.406. The van der Waals surface area contributed by atoms with Crippen molar-refractivity contribution in [1.29, 1.82) is 0 Å². The van der Waals surface area contributed by atoms with E-state index < -0.39 is 22.1 Å². The highest BCUT2D eigenvalue weighted by Crippen LogP contribution is 2.36. The summed E-state index contributed by atoms with van der Waals surface area (Å²) in [5, 5.41) is 0. The van der Waals surface area contributed by atoms with Crippen LogP contribution < -0.4 is 4.90 Å². The molecular weight excluding hydrogens is 436 g/mol. The fourth-order valence-electron chi connectivity index (χ4n) is 4.59. The minimum absolute atomic E-state index is 0.0729. The molecule has 0 bridgehead atoms. The van der Waals surface area contributed by atoms with E-state index in [4.69, 9.17) is 13.9 Å². The van der Waals surface area contributed by atoms with Crippen molar-refractivity contribution in [3.63, 3.8) is 0 Å². The normalized spacial score (nSPS) is 17.8. The van der Waals surface area contributed by atoms with Crippen LogP contribution in [0.25, 0.3) is 0 Å². The van der Waals surface area contributed by atoms with Gasteiger partial charge in [-0.25, -0.2) is 18.0 Å². The number of amides is 1. The summed E-state index contributed by atoms with van der Waals surface area (Å²) < 4.78 is 43.7. The van der Waals surface area contributed by atoms with Crippen LogP contribution >= 0.6 is 0 Å². The van der Waals surface area contributed by atoms with Crippen molar-refractivity contribution >= 4 is 27.8 Å². The van der Waals surface area contributed by atoms with E-state index in [9.17, 15) is 18.0 Å². The van der Waals surface area contributed by atoms with Gasteiger partial charge in [-0.3, -0.25) is 4.90 Å². The molecule has 1 aromatic carbocycles. The van der Waals surface area contributed by atoms with Crippen molar-refractivity contribution in [2.75, 3.05) is 25.1 Å². The Kier molecular flexibility index (Phi) is 5.76. The monoisotopic (exact) mass is 462 g/mol. The second-order valence-electron chi connectivity index (χ2n) is 8.05. The van der Waals surface area contributed by atoms with E-state index in [1.807, 2.05) is 25.1 Å². The third kappa shape index (κ3) is 3.57. The average molecular weight is 463 g/mol. The first-order valence-corrected chi connectivity index (χ1v) is 11.8. The number of anilines is 1. The van der Waals surface area contributed by atoms with Gasteiger partial charge in [-0.2, -0.15) is 4.31 Å². The van der Waals surface area contributed by atoms with E-state index in [1.165, 1.54) is 25.3 Å². The smallest absolute Gasteiger partial charge is 0.414 e. The molecule has 2 aromatic rings. The molecule has 0 atom stereocenters. The second kappa shape index (κ2) is 8.25. The van der Waals surface area contributed by atoms with Crippen molar-refractivity contribution in [2.24, 2.45) is 0 Å². The molecule has 1 saturated heterocycles. The van der Waals surface area contributed by atoms with Gasteiger partial charge in [0.15, 0.2) is 0 Å². The fraction of sp³-hybridized carbons (Fsp3) is 0.455. The average Bonchev–Trinajstić information content (AvgIpc) is 3.08. The van der Waals surface area contributed by atoms with Gasteiger partial charge in [0.05, 0.1) is 12.8 Å². The zero-order valence-corrected chi connectivity index (χ0v) is 19.3. The number of aryl methyl sites for hydroxylation is 3. The predicted octanol–water partition coefficient (Wildman–Crippen LogP) is 3.30. The molecule has 0 N–H and O–H groups in total. The molecule has 1 amide bonds. The van der Waals surface area contributed by atoms with E-state index in [0.717, 1.165) is 16.8 Å². The third-order valence-corrected chi connectivity index (χ3v) is 8.14. The van der Waals surface area contributed by atoms with E-state index in [0.29, 0.717) is 12.8 Å². The molecule has 2 aliphatic rings. The first-order valence-electron chi connectivity index (χ1n) is 10.4. The topological polar surface area (TPSA) is 106 Å². The fourth-order valence-corrected chi connectivity index (χ4v) is 6.43. The van der Waals surface area contributed by atoms with Gasteiger partial charge in [-0.1, -0.05) is 18.2 Å². The number of piperidine rings is 1. The maximum atomic E-state index is 13.4. The van der Waals surface area contributed by atoms with Crippen LogP contribution in [0, 0.1) is 20.8 Å². The Labute approximate surface area is 186 Å². The van der Waals surface area contributed by atoms with E-state index in [-0.39, 0.29) is 47.7 Å². The molecule has 0 unspecified atom stereocenters. The number of hydrogen-bond donors (Lipinski definition) is 0. The highest BCUT2D eigenvalue weighted by molar-refractivity contribution is 7.89. The maximum Gasteiger partial charge on any atom is 0.414 e. The van der Waals surface area contributed by atoms with Gasteiger partial charge in [-0.15, -0.1) is 0 Å². The summed E-state index contributed by atoms with van der Waals surface area (Å²) >= 11 is 0. The van der Waals surface area contributed by atoms with Crippen molar-refractivity contribution in [3.8, 4) is 0 Å². The number of carbonyl (C=O) groups excluding carboxylic acids is 2. The SMILES string of the molecule is COC(=O)c1c(C)oc(C)c1S(=O)(=O)N1CCC(N2C(=O)OCc3cccc(C)c32)CC1. The second-order valence-corrected chi connectivity index (χ2v) is 9.93. The molecule has 3 heterocycles. The molecule has 0 spiro atoms. The number of nitrogens with zero attached hydrogens (tertiary/aromatic N) is 2. The lowest BCUT2D eigenvalue weighted by atomic mass is 10.00. The molecule has 172 valence electrons. The van der Waals surface area contributed by atoms with Gasteiger partial charge in [0.25, 0.3) is 0 Å². The van der Waals surface area contributed by atoms with Crippen LogP contribution in [0.3, 0.4) is 0 Å². The minimum atomic E-state index is -3.99. The van der Waals surface area contributed by atoms with Gasteiger partial charge >= 0.3 is 12.1 Å². The maximum absolute atomic E-state index is 13.4. The standard InChI is InChI=1S/C22H26N2O7S/c1-13-6-5-7-16-12-30-22(26)24(19(13)16)17-8-10-23(11-9-17)32(27,28)20-15(3)31-14(2)18(20)21(25)29-4/h5-7,17H,8-12H2,1-4H3. The lowest BCUT2D eigenvalue weighted by Crippen LogP contribution is -2.50. The summed E-state index contributed by atoms with van der Waals surface area (Å²) in [7, 11) is -2.79. The minimum Gasteiger partial charge on any atom is -0.465 e. The quantitative estimate of drug-likeness (QED) is 0.642. The van der Waals surface area contributed by atoms with Gasteiger partial charge < -0.3 is 13.9 Å². The van der Waals surface area contributed by atoms with Crippen LogP contribution in [0.1, 0.15) is 45.8 Å². The van der Waals surface area contributed by atoms with Crippen LogP contribution in [-0.4, -0.2) is 51.0 Å². The number of sulfonamides is 1. The van der Waals surface area contributed by atoms with Gasteiger partial charge in [0.1, 0.15) is 28.6 Å². The predicted molar refractivity (Wildman–Crippen MR) is 115 cm³/mol. The number of benzene rings is 1. The number of fused-ring (bicyclic) bond motifs is 1. The largest absolute Gasteiger partial charge is 0.465 e. The third-order valence-electron chi connectivity index (χ3n) is 6.09. The number of hydrogen-bond acceptors (Lipinski definition) is 7. The number of carbonyl (C=O) groups is 2. The summed E-state index contributed by atoms with van der Waals surface area (Å²) in [4.78, 5) is 26.3. The van der Waals surface area contributed by atoms with Crippen molar-refractivity contribution < 1.29 is 31.9 Å². The van der Waals surface area contributed by atoms with Gasteiger partial charge in [-0.05, 0) is 39.2 Å². The molecular formula is C22H26N2O7S. The summed E-state index contributed by atoms with van der Waals surface area (Å²) in [6.07, 6.45) is 0.458. The van der Waals surface area contributed by atoms with Crippen LogP contribution in [-0.2, 0) is 26.1 Å². The van der Waals surface area contributed by atoms with Crippen molar-refractivity contribution in [1.82, 2.24) is 4.31 Å². The molecule has 32 heavy (non-hydrogen) atoms. The lowest BCUT2D eigenvalue weighted by Gasteiger charge is -2.40. The first kappa shape index (κ1) is 22.3. The highest BCUT2D eigenvalue weighted by atomic mass is 32.2. The highest BCUT2D eigenvalue weighted by Gasteiger charge is 2.40. The Bertz CT molecular complexity index is 1180. The molecule has 2 aliphatic heterocycles. The molecule has 0 radical (unpaired) electrons.